The molecule has 0 fully saturated rings. The van der Waals surface area contributed by atoms with E-state index in [0.29, 0.717) is 54.8 Å². The number of hydrogen-bond acceptors (Lipinski definition) is 6. The predicted octanol–water partition coefficient (Wildman–Crippen LogP) is 5.28. The van der Waals surface area contributed by atoms with Gasteiger partial charge in [0, 0.05) is 32.1 Å². The summed E-state index contributed by atoms with van der Waals surface area (Å²) >= 11 is 0. The summed E-state index contributed by atoms with van der Waals surface area (Å²) in [6.07, 6.45) is 0.581. The number of rotatable bonds is 6. The first-order valence-corrected chi connectivity index (χ1v) is 12.2. The van der Waals surface area contributed by atoms with Crippen LogP contribution < -0.4 is 9.64 Å². The number of aryl methyl sites for hydroxylation is 1. The molecule has 1 amide bonds. The fourth-order valence-corrected chi connectivity index (χ4v) is 4.35. The molecule has 0 saturated carbocycles. The van der Waals surface area contributed by atoms with Crippen LogP contribution in [-0.4, -0.2) is 34.4 Å². The number of fused-ring (bicyclic) bond motifs is 1. The van der Waals surface area contributed by atoms with Crippen molar-refractivity contribution in [2.24, 2.45) is 0 Å². The van der Waals surface area contributed by atoms with Crippen molar-refractivity contribution in [2.75, 3.05) is 18.5 Å². The number of carbonyl (C=O) groups is 1. The molecule has 0 N–H and O–H groups in total. The van der Waals surface area contributed by atoms with Gasteiger partial charge in [0.05, 0.1) is 29.4 Å². The fraction of sp³-hybridized carbons (Fsp3) is 0.200. The minimum Gasteiger partial charge on any atom is -0.438 e. The highest BCUT2D eigenvalue weighted by atomic mass is 16.5. The monoisotopic (exact) mass is 489 g/mol. The molecule has 37 heavy (non-hydrogen) atoms. The number of aromatic nitrogens is 2. The van der Waals surface area contributed by atoms with Crippen molar-refractivity contribution >= 4 is 11.9 Å². The lowest BCUT2D eigenvalue weighted by molar-refractivity contribution is 0.0732. The van der Waals surface area contributed by atoms with Crippen molar-refractivity contribution in [3.63, 3.8) is 0 Å². The quantitative estimate of drug-likeness (QED) is 0.366. The van der Waals surface area contributed by atoms with Crippen molar-refractivity contribution < 1.29 is 9.53 Å². The molecule has 7 nitrogen and oxygen atoms in total. The van der Waals surface area contributed by atoms with Gasteiger partial charge in [0.25, 0.3) is 5.91 Å². The number of amides is 1. The van der Waals surface area contributed by atoms with Gasteiger partial charge in [-0.05, 0) is 42.8 Å². The van der Waals surface area contributed by atoms with E-state index in [-0.39, 0.29) is 5.91 Å². The van der Waals surface area contributed by atoms with Crippen LogP contribution in [0.25, 0.3) is 0 Å². The number of nitrogens with zero attached hydrogens (tertiary/aromatic N) is 5. The summed E-state index contributed by atoms with van der Waals surface area (Å²) in [6.45, 7) is 3.53. The minimum atomic E-state index is -0.130. The Kier molecular flexibility index (Phi) is 6.82. The molecule has 1 aliphatic rings. The summed E-state index contributed by atoms with van der Waals surface area (Å²) in [5.74, 6) is 1.57. The van der Waals surface area contributed by atoms with E-state index in [9.17, 15) is 10.1 Å². The van der Waals surface area contributed by atoms with E-state index in [2.05, 4.69) is 18.2 Å². The Morgan fingerprint density at radius 2 is 1.84 bits per heavy atom. The third kappa shape index (κ3) is 5.44. The van der Waals surface area contributed by atoms with Gasteiger partial charge < -0.3 is 14.5 Å². The zero-order valence-corrected chi connectivity index (χ0v) is 20.9. The Morgan fingerprint density at radius 1 is 1.05 bits per heavy atom. The van der Waals surface area contributed by atoms with E-state index in [1.54, 1.807) is 29.2 Å². The minimum absolute atomic E-state index is 0.130. The highest BCUT2D eigenvalue weighted by Gasteiger charge is 2.28. The molecule has 3 aromatic carbocycles. The number of carbonyl (C=O) groups excluding carboxylic acids is 1. The van der Waals surface area contributed by atoms with E-state index in [4.69, 9.17) is 14.7 Å². The van der Waals surface area contributed by atoms with Gasteiger partial charge in [-0.15, -0.1) is 0 Å². The highest BCUT2D eigenvalue weighted by Crippen LogP contribution is 2.32. The summed E-state index contributed by atoms with van der Waals surface area (Å²) in [6, 6.07) is 26.9. The summed E-state index contributed by atoms with van der Waals surface area (Å²) < 4.78 is 6.28. The first-order chi connectivity index (χ1) is 18.0. The number of ether oxygens (including phenoxy) is 1. The third-order valence-corrected chi connectivity index (χ3v) is 6.38. The third-order valence-electron chi connectivity index (χ3n) is 6.38. The average Bonchev–Trinajstić information content (AvgIpc) is 2.94. The van der Waals surface area contributed by atoms with Gasteiger partial charge in [0.1, 0.15) is 5.75 Å². The Hall–Kier alpha value is -4.70. The molecule has 5 rings (SSSR count). The molecule has 184 valence electrons. The van der Waals surface area contributed by atoms with Crippen LogP contribution in [0.5, 0.6) is 11.6 Å². The fourth-order valence-electron chi connectivity index (χ4n) is 4.35. The molecule has 0 spiro atoms. The smallest absolute Gasteiger partial charge is 0.254 e. The molecule has 0 aliphatic carbocycles. The van der Waals surface area contributed by atoms with E-state index in [1.807, 2.05) is 61.3 Å². The lowest BCUT2D eigenvalue weighted by Gasteiger charge is -2.30. The highest BCUT2D eigenvalue weighted by molar-refractivity contribution is 5.94. The van der Waals surface area contributed by atoms with Crippen LogP contribution >= 0.6 is 0 Å². The number of hydrogen-bond donors (Lipinski definition) is 0. The molecular weight excluding hydrogens is 462 g/mol. The summed E-state index contributed by atoms with van der Waals surface area (Å²) in [7, 11) is 1.96. The van der Waals surface area contributed by atoms with Gasteiger partial charge in [-0.25, -0.2) is 4.98 Å². The van der Waals surface area contributed by atoms with Crippen LogP contribution in [0.15, 0.2) is 78.9 Å². The van der Waals surface area contributed by atoms with Gasteiger partial charge in [-0.1, -0.05) is 54.1 Å². The van der Waals surface area contributed by atoms with E-state index in [0.717, 1.165) is 22.4 Å². The van der Waals surface area contributed by atoms with Crippen LogP contribution in [0.2, 0.25) is 0 Å². The zero-order valence-electron chi connectivity index (χ0n) is 20.9. The Bertz CT molecular complexity index is 1460. The van der Waals surface area contributed by atoms with Crippen LogP contribution in [-0.2, 0) is 19.5 Å². The average molecular weight is 490 g/mol. The Morgan fingerprint density at radius 3 is 2.59 bits per heavy atom. The topological polar surface area (TPSA) is 82.3 Å². The summed E-state index contributed by atoms with van der Waals surface area (Å²) in [5, 5.41) is 9.23. The van der Waals surface area contributed by atoms with E-state index >= 15 is 0 Å². The van der Waals surface area contributed by atoms with Gasteiger partial charge in [-0.3, -0.25) is 4.79 Å². The largest absolute Gasteiger partial charge is 0.438 e. The van der Waals surface area contributed by atoms with Crippen molar-refractivity contribution in [1.82, 2.24) is 14.9 Å². The maximum atomic E-state index is 13.3. The Balaban J connectivity index is 1.47. The van der Waals surface area contributed by atoms with Crippen LogP contribution in [0, 0.1) is 18.3 Å². The van der Waals surface area contributed by atoms with Crippen molar-refractivity contribution in [3.05, 3.63) is 112 Å². The van der Waals surface area contributed by atoms with Crippen LogP contribution in [0.4, 0.5) is 5.95 Å². The molecule has 4 aromatic rings. The SMILES string of the molecule is Cc1ccc(Oc2nc(N(C)Cc3ccccc3)nc3c2CN(C(=O)c2cccc(C#N)c2)CC3)cc1. The second-order valence-electron chi connectivity index (χ2n) is 9.18. The molecule has 0 saturated heterocycles. The molecule has 0 atom stereocenters. The summed E-state index contributed by atoms with van der Waals surface area (Å²) in [5.41, 5.74) is 4.92. The first-order valence-electron chi connectivity index (χ1n) is 12.2. The summed E-state index contributed by atoms with van der Waals surface area (Å²) in [4.78, 5) is 26.7. The normalized spacial score (nSPS) is 12.4. The molecular formula is C30H27N5O2. The predicted molar refractivity (Wildman–Crippen MR) is 141 cm³/mol. The van der Waals surface area contributed by atoms with Crippen LogP contribution in [0.3, 0.4) is 0 Å². The van der Waals surface area contributed by atoms with E-state index < -0.39 is 0 Å². The molecule has 2 heterocycles. The second kappa shape index (κ2) is 10.5. The van der Waals surface area contributed by atoms with Crippen molar-refractivity contribution in [3.8, 4) is 17.7 Å². The lowest BCUT2D eigenvalue weighted by Crippen LogP contribution is -2.37. The standard InChI is InChI=1S/C30H27N5O2/c1-21-11-13-25(14-12-21)37-28-26-20-35(29(36)24-10-6-9-23(17-24)18-31)16-15-27(26)32-30(33-28)34(2)19-22-7-4-3-5-8-22/h3-14,17H,15-16,19-20H2,1-2H3. The Labute approximate surface area is 216 Å². The van der Waals surface area contributed by atoms with E-state index in [1.165, 1.54) is 0 Å². The molecule has 1 aromatic heterocycles. The first kappa shape index (κ1) is 24.0. The molecule has 0 bridgehead atoms. The molecule has 1 aliphatic heterocycles. The molecule has 0 unspecified atom stereocenters. The zero-order chi connectivity index (χ0) is 25.8. The van der Waals surface area contributed by atoms with Crippen molar-refractivity contribution in [1.29, 1.82) is 5.26 Å². The maximum absolute atomic E-state index is 13.3. The second-order valence-corrected chi connectivity index (χ2v) is 9.18. The van der Waals surface area contributed by atoms with Crippen molar-refractivity contribution in [2.45, 2.75) is 26.4 Å². The number of nitriles is 1. The van der Waals surface area contributed by atoms with Crippen LogP contribution in [0.1, 0.15) is 38.3 Å². The molecule has 7 heteroatoms. The number of benzene rings is 3. The lowest BCUT2D eigenvalue weighted by atomic mass is 10.0. The number of anilines is 1. The van der Waals surface area contributed by atoms with Gasteiger partial charge >= 0.3 is 0 Å². The van der Waals surface area contributed by atoms with Gasteiger partial charge in [0.2, 0.25) is 11.8 Å². The van der Waals surface area contributed by atoms with Gasteiger partial charge in [-0.2, -0.15) is 10.2 Å². The maximum Gasteiger partial charge on any atom is 0.254 e. The van der Waals surface area contributed by atoms with Gasteiger partial charge in [0.15, 0.2) is 0 Å². The molecule has 0 radical (unpaired) electrons.